The Bertz CT molecular complexity index is 237. The van der Waals surface area contributed by atoms with Crippen LogP contribution >= 0.6 is 15.9 Å². The van der Waals surface area contributed by atoms with Gasteiger partial charge in [0.25, 0.3) is 0 Å². The van der Waals surface area contributed by atoms with Crippen LogP contribution in [0.25, 0.3) is 0 Å². The van der Waals surface area contributed by atoms with Gasteiger partial charge in [0.05, 0.1) is 0 Å². The third kappa shape index (κ3) is 1.35. The second-order valence-electron chi connectivity index (χ2n) is 2.22. The van der Waals surface area contributed by atoms with Gasteiger partial charge in [0.1, 0.15) is 6.17 Å². The number of allylic oxidation sites excluding steroid dienone is 3. The molecular weight excluding hydrogens is 215 g/mol. The van der Waals surface area contributed by atoms with Crippen LogP contribution in [-0.2, 0) is 4.79 Å². The number of halogens is 2. The Hall–Kier alpha value is -0.640. The molecule has 0 saturated heterocycles. The van der Waals surface area contributed by atoms with Gasteiger partial charge in [-0.3, -0.25) is 4.79 Å². The maximum absolute atomic E-state index is 12.9. The van der Waals surface area contributed by atoms with Crippen molar-refractivity contribution in [1.29, 1.82) is 0 Å². The van der Waals surface area contributed by atoms with Crippen LogP contribution in [0.4, 0.5) is 4.39 Å². The zero-order chi connectivity index (χ0) is 8.48. The van der Waals surface area contributed by atoms with Crippen LogP contribution in [-0.4, -0.2) is 21.6 Å². The van der Waals surface area contributed by atoms with Crippen molar-refractivity contribution >= 4 is 21.9 Å². The van der Waals surface area contributed by atoms with E-state index in [2.05, 4.69) is 15.9 Å². The maximum atomic E-state index is 12.9. The Kier molecular flexibility index (Phi) is 2.13. The number of rotatable bonds is 1. The summed E-state index contributed by atoms with van der Waals surface area (Å²) in [6, 6.07) is 0. The smallest absolute Gasteiger partial charge is 0.327 e. The van der Waals surface area contributed by atoms with E-state index in [1.54, 1.807) is 0 Å². The lowest BCUT2D eigenvalue weighted by Gasteiger charge is -2.22. The zero-order valence-corrected chi connectivity index (χ0v) is 7.08. The largest absolute Gasteiger partial charge is 0.480 e. The molecule has 0 heterocycles. The second-order valence-corrected chi connectivity index (χ2v) is 3.53. The first kappa shape index (κ1) is 8.46. The molecule has 0 aliphatic heterocycles. The Balaban J connectivity index is 2.94. The predicted octanol–water partition coefficient (Wildman–Crippen LogP) is 1.67. The highest BCUT2D eigenvalue weighted by Crippen LogP contribution is 2.30. The van der Waals surface area contributed by atoms with Gasteiger partial charge in [-0.05, 0) is 6.08 Å². The maximum Gasteiger partial charge on any atom is 0.327 e. The predicted molar refractivity (Wildman–Crippen MR) is 42.5 cm³/mol. The quantitative estimate of drug-likeness (QED) is 0.683. The highest BCUT2D eigenvalue weighted by Gasteiger charge is 2.41. The first-order valence-electron chi connectivity index (χ1n) is 3.00. The molecule has 0 radical (unpaired) electrons. The molecule has 1 aliphatic rings. The van der Waals surface area contributed by atoms with Crippen molar-refractivity contribution in [2.45, 2.75) is 10.5 Å². The molecule has 0 amide bonds. The standard InChI is InChI=1S/C7H6BrFO2/c8-7(6(10)11)4-2-1-3-5(7)9/h1-5H,(H,10,11)/t5-,7+/m1/s1. The minimum absolute atomic E-state index is 1.20. The Morgan fingerprint density at radius 2 is 2.27 bits per heavy atom. The number of carbonyl (C=O) groups is 1. The highest BCUT2D eigenvalue weighted by atomic mass is 79.9. The van der Waals surface area contributed by atoms with Gasteiger partial charge in [-0.25, -0.2) is 4.39 Å². The van der Waals surface area contributed by atoms with Crippen LogP contribution in [0.5, 0.6) is 0 Å². The van der Waals surface area contributed by atoms with Gasteiger partial charge in [-0.15, -0.1) is 0 Å². The first-order chi connectivity index (χ1) is 5.07. The Morgan fingerprint density at radius 3 is 2.64 bits per heavy atom. The molecule has 11 heavy (non-hydrogen) atoms. The summed E-state index contributed by atoms with van der Waals surface area (Å²) in [5, 5.41) is 8.60. The van der Waals surface area contributed by atoms with E-state index in [1.807, 2.05) is 0 Å². The summed E-state index contributed by atoms with van der Waals surface area (Å²) in [7, 11) is 0. The molecule has 0 spiro atoms. The van der Waals surface area contributed by atoms with Crippen molar-refractivity contribution in [2.24, 2.45) is 0 Å². The molecule has 0 unspecified atom stereocenters. The SMILES string of the molecule is O=C(O)[C@]1(Br)C=CC=C[C@H]1F. The Labute approximate surface area is 71.5 Å². The lowest BCUT2D eigenvalue weighted by atomic mass is 9.99. The molecule has 0 fully saturated rings. The molecule has 0 aromatic carbocycles. The van der Waals surface area contributed by atoms with Crippen LogP contribution in [0.15, 0.2) is 24.3 Å². The lowest BCUT2D eigenvalue weighted by Crippen LogP contribution is -2.39. The van der Waals surface area contributed by atoms with Crippen LogP contribution in [0.3, 0.4) is 0 Å². The fourth-order valence-corrected chi connectivity index (χ4v) is 1.08. The first-order valence-corrected chi connectivity index (χ1v) is 3.79. The fraction of sp³-hybridized carbons (Fsp3) is 0.286. The van der Waals surface area contributed by atoms with Crippen LogP contribution in [0.2, 0.25) is 0 Å². The van der Waals surface area contributed by atoms with E-state index in [9.17, 15) is 9.18 Å². The molecule has 1 rings (SSSR count). The average molecular weight is 221 g/mol. The number of aliphatic carboxylic acids is 1. The topological polar surface area (TPSA) is 37.3 Å². The van der Waals surface area contributed by atoms with Crippen molar-refractivity contribution in [1.82, 2.24) is 0 Å². The van der Waals surface area contributed by atoms with E-state index in [0.717, 1.165) is 0 Å². The summed E-state index contributed by atoms with van der Waals surface area (Å²) in [4.78, 5) is 10.5. The van der Waals surface area contributed by atoms with Crippen molar-refractivity contribution in [3.63, 3.8) is 0 Å². The van der Waals surface area contributed by atoms with E-state index in [4.69, 9.17) is 5.11 Å². The van der Waals surface area contributed by atoms with Crippen molar-refractivity contribution in [2.75, 3.05) is 0 Å². The van der Waals surface area contributed by atoms with Crippen LogP contribution in [0.1, 0.15) is 0 Å². The number of carboxylic acid groups (broad SMARTS) is 1. The van der Waals surface area contributed by atoms with Gasteiger partial charge >= 0.3 is 5.97 Å². The molecule has 4 heteroatoms. The number of hydrogen-bond acceptors (Lipinski definition) is 1. The molecule has 1 aliphatic carbocycles. The lowest BCUT2D eigenvalue weighted by molar-refractivity contribution is -0.139. The zero-order valence-electron chi connectivity index (χ0n) is 5.50. The van der Waals surface area contributed by atoms with Gasteiger partial charge in [0.15, 0.2) is 4.32 Å². The summed E-state index contributed by atoms with van der Waals surface area (Å²) < 4.78 is 11.3. The minimum Gasteiger partial charge on any atom is -0.480 e. The van der Waals surface area contributed by atoms with Gasteiger partial charge in [0.2, 0.25) is 0 Å². The van der Waals surface area contributed by atoms with Crippen molar-refractivity contribution in [3.8, 4) is 0 Å². The molecule has 2 nitrogen and oxygen atoms in total. The normalized spacial score (nSPS) is 35.6. The summed E-state index contributed by atoms with van der Waals surface area (Å²) in [5.74, 6) is -1.22. The molecule has 0 saturated carbocycles. The summed E-state index contributed by atoms with van der Waals surface area (Å²) >= 11 is 2.81. The van der Waals surface area contributed by atoms with Gasteiger partial charge < -0.3 is 5.11 Å². The van der Waals surface area contributed by atoms with E-state index < -0.39 is 16.5 Å². The monoisotopic (exact) mass is 220 g/mol. The minimum atomic E-state index is -1.57. The number of carboxylic acids is 1. The van der Waals surface area contributed by atoms with Gasteiger partial charge in [-0.2, -0.15) is 0 Å². The van der Waals surface area contributed by atoms with Gasteiger partial charge in [-0.1, -0.05) is 34.2 Å². The highest BCUT2D eigenvalue weighted by molar-refractivity contribution is 9.10. The fourth-order valence-electron chi connectivity index (χ4n) is 0.779. The van der Waals surface area contributed by atoms with Crippen molar-refractivity contribution < 1.29 is 14.3 Å². The molecule has 0 bridgehead atoms. The Morgan fingerprint density at radius 1 is 1.64 bits per heavy atom. The van der Waals surface area contributed by atoms with Crippen molar-refractivity contribution in [3.05, 3.63) is 24.3 Å². The summed E-state index contributed by atoms with van der Waals surface area (Å²) in [6.07, 6.45) is 3.94. The molecular formula is C7H6BrFO2. The molecule has 60 valence electrons. The second kappa shape index (κ2) is 2.77. The molecule has 2 atom stereocenters. The van der Waals surface area contributed by atoms with E-state index in [-0.39, 0.29) is 0 Å². The number of hydrogen-bond donors (Lipinski definition) is 1. The summed E-state index contributed by atoms with van der Waals surface area (Å²) in [5.41, 5.74) is 0. The third-order valence-corrected chi connectivity index (χ3v) is 2.50. The third-order valence-electron chi connectivity index (χ3n) is 1.46. The van der Waals surface area contributed by atoms with E-state index >= 15 is 0 Å². The van der Waals surface area contributed by atoms with E-state index in [0.29, 0.717) is 0 Å². The molecule has 0 aromatic heterocycles. The van der Waals surface area contributed by atoms with Crippen LogP contribution < -0.4 is 0 Å². The average Bonchev–Trinajstić information content (AvgIpc) is 1.95. The molecule has 1 N–H and O–H groups in total. The summed E-state index contributed by atoms with van der Waals surface area (Å²) in [6.45, 7) is 0. The number of alkyl halides is 2. The molecule has 0 aromatic rings. The van der Waals surface area contributed by atoms with Crippen LogP contribution in [0, 0.1) is 0 Å². The van der Waals surface area contributed by atoms with Gasteiger partial charge in [0, 0.05) is 0 Å². The van der Waals surface area contributed by atoms with E-state index in [1.165, 1.54) is 24.3 Å².